The first-order valence-electron chi connectivity index (χ1n) is 8.57. The molecule has 1 aliphatic carbocycles. The molecule has 0 unspecified atom stereocenters. The van der Waals surface area contributed by atoms with Crippen LogP contribution in [0.4, 0.5) is 0 Å². The number of benzene rings is 1. The van der Waals surface area contributed by atoms with Gasteiger partial charge in [-0.15, -0.1) is 0 Å². The number of carbonyl (C=O) groups excluding carboxylic acids is 1. The molecular weight excluding hydrogens is 378 g/mol. The summed E-state index contributed by atoms with van der Waals surface area (Å²) in [6.07, 6.45) is 4.79. The van der Waals surface area contributed by atoms with Crippen molar-refractivity contribution in [1.29, 1.82) is 0 Å². The van der Waals surface area contributed by atoms with Gasteiger partial charge in [-0.25, -0.2) is 26.3 Å². The Hall–Kier alpha value is -1.49. The van der Waals surface area contributed by atoms with E-state index in [2.05, 4.69) is 14.8 Å². The zero-order valence-electron chi connectivity index (χ0n) is 14.7. The molecular formula is C16H25N3O5S2. The Morgan fingerprint density at radius 3 is 2.00 bits per heavy atom. The Balaban J connectivity index is 2.00. The molecule has 1 aromatic rings. The minimum atomic E-state index is -3.76. The van der Waals surface area contributed by atoms with Gasteiger partial charge < -0.3 is 5.32 Å². The lowest BCUT2D eigenvalue weighted by Crippen LogP contribution is -2.36. The second-order valence-electron chi connectivity index (χ2n) is 6.31. The third kappa shape index (κ3) is 6.04. The van der Waals surface area contributed by atoms with E-state index in [1.165, 1.54) is 31.2 Å². The molecule has 0 aliphatic heterocycles. The van der Waals surface area contributed by atoms with Gasteiger partial charge in [0, 0.05) is 26.1 Å². The van der Waals surface area contributed by atoms with Gasteiger partial charge in [-0.2, -0.15) is 0 Å². The maximum Gasteiger partial charge on any atom is 0.240 e. The summed E-state index contributed by atoms with van der Waals surface area (Å²) in [6, 6.07) is 5.03. The maximum absolute atomic E-state index is 12.4. The molecule has 1 saturated carbocycles. The van der Waals surface area contributed by atoms with Crippen LogP contribution < -0.4 is 14.8 Å². The lowest BCUT2D eigenvalue weighted by atomic mass is 9.96. The minimum Gasteiger partial charge on any atom is -0.355 e. The molecule has 1 aromatic carbocycles. The molecule has 3 N–H and O–H groups in total. The van der Waals surface area contributed by atoms with E-state index in [9.17, 15) is 21.6 Å². The van der Waals surface area contributed by atoms with E-state index in [0.717, 1.165) is 32.1 Å². The topological polar surface area (TPSA) is 121 Å². The number of nitrogens with one attached hydrogen (secondary N) is 3. The Kier molecular flexibility index (Phi) is 7.16. The molecule has 0 heterocycles. The van der Waals surface area contributed by atoms with Gasteiger partial charge in [0.1, 0.15) is 0 Å². The predicted octanol–water partition coefficient (Wildman–Crippen LogP) is 0.712. The van der Waals surface area contributed by atoms with Crippen molar-refractivity contribution in [2.45, 2.75) is 54.9 Å². The van der Waals surface area contributed by atoms with Crippen LogP contribution in [0.1, 0.15) is 39.0 Å². The molecule has 2 rings (SSSR count). The van der Waals surface area contributed by atoms with Crippen molar-refractivity contribution in [2.24, 2.45) is 0 Å². The van der Waals surface area contributed by atoms with Crippen LogP contribution in [-0.2, 0) is 24.8 Å². The summed E-state index contributed by atoms with van der Waals surface area (Å²) in [7, 11) is -7.43. The fraction of sp³-hybridized carbons (Fsp3) is 0.562. The molecule has 0 bridgehead atoms. The highest BCUT2D eigenvalue weighted by Crippen LogP contribution is 2.20. The van der Waals surface area contributed by atoms with Gasteiger partial charge in [-0.3, -0.25) is 4.79 Å². The van der Waals surface area contributed by atoms with Crippen molar-refractivity contribution in [1.82, 2.24) is 14.8 Å². The molecule has 0 saturated heterocycles. The quantitative estimate of drug-likeness (QED) is 0.552. The van der Waals surface area contributed by atoms with Gasteiger partial charge in [0.05, 0.1) is 9.79 Å². The molecule has 1 aliphatic rings. The highest BCUT2D eigenvalue weighted by atomic mass is 32.2. The normalized spacial score (nSPS) is 16.3. The summed E-state index contributed by atoms with van der Waals surface area (Å²) in [6.45, 7) is 1.56. The third-order valence-corrected chi connectivity index (χ3v) is 7.18. The molecule has 8 nitrogen and oxygen atoms in total. The van der Waals surface area contributed by atoms with E-state index < -0.39 is 20.0 Å². The summed E-state index contributed by atoms with van der Waals surface area (Å²) >= 11 is 0. The molecule has 0 aromatic heterocycles. The number of rotatable bonds is 8. The molecule has 10 heteroatoms. The van der Waals surface area contributed by atoms with Gasteiger partial charge in [0.15, 0.2) is 0 Å². The van der Waals surface area contributed by atoms with Crippen LogP contribution in [0, 0.1) is 0 Å². The van der Waals surface area contributed by atoms with Crippen molar-refractivity contribution < 1.29 is 21.6 Å². The summed E-state index contributed by atoms with van der Waals surface area (Å²) in [5, 5.41) is 2.48. The van der Waals surface area contributed by atoms with Crippen molar-refractivity contribution in [3.05, 3.63) is 24.3 Å². The first-order valence-corrected chi connectivity index (χ1v) is 11.5. The highest BCUT2D eigenvalue weighted by Gasteiger charge is 2.22. The molecule has 0 spiro atoms. The molecule has 1 fully saturated rings. The molecule has 0 radical (unpaired) electrons. The second kappa shape index (κ2) is 8.94. The standard InChI is InChI=1S/C16H25N3O5S2/c1-13(20)17-11-12-18-25(21,22)15-7-9-16(10-8-15)26(23,24)19-14-5-3-2-4-6-14/h7-10,14,18-19H,2-6,11-12H2,1H3,(H,17,20). The number of hydrogen-bond acceptors (Lipinski definition) is 5. The van der Waals surface area contributed by atoms with Gasteiger partial charge in [-0.1, -0.05) is 19.3 Å². The molecule has 0 atom stereocenters. The van der Waals surface area contributed by atoms with Crippen LogP contribution in [0.2, 0.25) is 0 Å². The SMILES string of the molecule is CC(=O)NCCNS(=O)(=O)c1ccc(S(=O)(=O)NC2CCCCC2)cc1. The highest BCUT2D eigenvalue weighted by molar-refractivity contribution is 7.90. The van der Waals surface area contributed by atoms with Crippen LogP contribution in [0.25, 0.3) is 0 Å². The Morgan fingerprint density at radius 1 is 0.923 bits per heavy atom. The van der Waals surface area contributed by atoms with E-state index in [1.54, 1.807) is 0 Å². The zero-order valence-corrected chi connectivity index (χ0v) is 16.3. The number of carbonyl (C=O) groups is 1. The Bertz CT molecular complexity index is 814. The van der Waals surface area contributed by atoms with Crippen molar-refractivity contribution in [2.75, 3.05) is 13.1 Å². The molecule has 146 valence electrons. The monoisotopic (exact) mass is 403 g/mol. The number of amides is 1. The zero-order chi connectivity index (χ0) is 19.2. The van der Waals surface area contributed by atoms with E-state index in [0.29, 0.717) is 0 Å². The second-order valence-corrected chi connectivity index (χ2v) is 9.79. The third-order valence-electron chi connectivity index (χ3n) is 4.16. The van der Waals surface area contributed by atoms with E-state index in [4.69, 9.17) is 0 Å². The summed E-state index contributed by atoms with van der Waals surface area (Å²) in [4.78, 5) is 10.8. The van der Waals surface area contributed by atoms with Crippen LogP contribution >= 0.6 is 0 Å². The summed E-state index contributed by atoms with van der Waals surface area (Å²) in [5.74, 6) is -0.246. The Labute approximate surface area is 154 Å². The minimum absolute atomic E-state index is 0.0306. The average Bonchev–Trinajstić information content (AvgIpc) is 2.59. The fourth-order valence-electron chi connectivity index (χ4n) is 2.81. The molecule has 1 amide bonds. The van der Waals surface area contributed by atoms with Crippen molar-refractivity contribution in [3.63, 3.8) is 0 Å². The van der Waals surface area contributed by atoms with Crippen LogP contribution in [0.3, 0.4) is 0 Å². The largest absolute Gasteiger partial charge is 0.355 e. The first kappa shape index (κ1) is 20.8. The van der Waals surface area contributed by atoms with Gasteiger partial charge in [-0.05, 0) is 37.1 Å². The van der Waals surface area contributed by atoms with Crippen molar-refractivity contribution >= 4 is 26.0 Å². The van der Waals surface area contributed by atoms with E-state index in [1.807, 2.05) is 0 Å². The fourth-order valence-corrected chi connectivity index (χ4v) is 5.15. The lowest BCUT2D eigenvalue weighted by molar-refractivity contribution is -0.118. The van der Waals surface area contributed by atoms with Gasteiger partial charge in [0.2, 0.25) is 26.0 Å². The number of sulfonamides is 2. The van der Waals surface area contributed by atoms with Crippen LogP contribution in [0.5, 0.6) is 0 Å². The van der Waals surface area contributed by atoms with Crippen LogP contribution in [0.15, 0.2) is 34.1 Å². The van der Waals surface area contributed by atoms with Crippen molar-refractivity contribution in [3.8, 4) is 0 Å². The molecule has 26 heavy (non-hydrogen) atoms. The number of hydrogen-bond donors (Lipinski definition) is 3. The smallest absolute Gasteiger partial charge is 0.240 e. The average molecular weight is 404 g/mol. The van der Waals surface area contributed by atoms with E-state index >= 15 is 0 Å². The van der Waals surface area contributed by atoms with Gasteiger partial charge in [0.25, 0.3) is 0 Å². The summed E-state index contributed by atoms with van der Waals surface area (Å²) in [5.41, 5.74) is 0. The Morgan fingerprint density at radius 2 is 1.46 bits per heavy atom. The first-order chi connectivity index (χ1) is 12.2. The van der Waals surface area contributed by atoms with Crippen LogP contribution in [-0.4, -0.2) is 41.9 Å². The predicted molar refractivity (Wildman–Crippen MR) is 97.5 cm³/mol. The lowest BCUT2D eigenvalue weighted by Gasteiger charge is -2.22. The maximum atomic E-state index is 12.4. The van der Waals surface area contributed by atoms with Gasteiger partial charge >= 0.3 is 0 Å². The summed E-state index contributed by atoms with van der Waals surface area (Å²) < 4.78 is 54.2. The van der Waals surface area contributed by atoms with E-state index in [-0.39, 0.29) is 34.8 Å².